The van der Waals surface area contributed by atoms with Gasteiger partial charge in [0.05, 0.1) is 6.61 Å². The Morgan fingerprint density at radius 1 is 1.50 bits per heavy atom. The number of rotatable bonds is 5. The third kappa shape index (κ3) is 4.23. The van der Waals surface area contributed by atoms with Crippen LogP contribution in [-0.4, -0.2) is 12.6 Å². The highest BCUT2D eigenvalue weighted by Crippen LogP contribution is 2.21. The second kappa shape index (κ2) is 6.53. The second-order valence-electron chi connectivity index (χ2n) is 3.51. The molecule has 4 heteroatoms. The first-order valence-corrected chi connectivity index (χ1v) is 6.12. The number of ether oxygens (including phenoxy) is 1. The van der Waals surface area contributed by atoms with Crippen molar-refractivity contribution in [1.82, 2.24) is 0 Å². The van der Waals surface area contributed by atoms with Crippen LogP contribution in [0.3, 0.4) is 0 Å². The minimum Gasteiger partial charge on any atom is -0.466 e. The van der Waals surface area contributed by atoms with Crippen molar-refractivity contribution >= 4 is 27.6 Å². The average Bonchev–Trinajstić information content (AvgIpc) is 2.24. The summed E-state index contributed by atoms with van der Waals surface area (Å²) in [5.41, 5.74) is 7.64. The molecule has 1 rings (SSSR count). The lowest BCUT2D eigenvalue weighted by Gasteiger charge is -2.04. The van der Waals surface area contributed by atoms with Gasteiger partial charge >= 0.3 is 5.97 Å². The lowest BCUT2D eigenvalue weighted by Crippen LogP contribution is -2.04. The van der Waals surface area contributed by atoms with E-state index in [4.69, 9.17) is 10.5 Å². The molecule has 0 aliphatic rings. The number of anilines is 1. The minimum atomic E-state index is -0.132. The zero-order chi connectivity index (χ0) is 12.0. The lowest BCUT2D eigenvalue weighted by molar-refractivity contribution is -0.143. The number of esters is 1. The molecule has 0 atom stereocenters. The zero-order valence-corrected chi connectivity index (χ0v) is 10.9. The summed E-state index contributed by atoms with van der Waals surface area (Å²) in [6.45, 7) is 2.26. The Morgan fingerprint density at radius 2 is 2.25 bits per heavy atom. The van der Waals surface area contributed by atoms with E-state index in [-0.39, 0.29) is 5.97 Å². The van der Waals surface area contributed by atoms with E-state index in [0.29, 0.717) is 13.0 Å². The molecule has 1 aromatic rings. The van der Waals surface area contributed by atoms with E-state index < -0.39 is 0 Å². The summed E-state index contributed by atoms with van der Waals surface area (Å²) in [6, 6.07) is 5.86. The fourth-order valence-corrected chi connectivity index (χ4v) is 1.67. The predicted molar refractivity (Wildman–Crippen MR) is 68.1 cm³/mol. The van der Waals surface area contributed by atoms with Gasteiger partial charge in [0.2, 0.25) is 0 Å². The number of hydrogen-bond acceptors (Lipinski definition) is 3. The van der Waals surface area contributed by atoms with Crippen LogP contribution in [0, 0.1) is 0 Å². The maximum atomic E-state index is 11.1. The molecule has 0 fully saturated rings. The number of hydrogen-bond donors (Lipinski definition) is 1. The van der Waals surface area contributed by atoms with Crippen LogP contribution in [0.5, 0.6) is 0 Å². The highest BCUT2D eigenvalue weighted by atomic mass is 79.9. The number of carbonyl (C=O) groups excluding carboxylic acids is 1. The number of carbonyl (C=O) groups is 1. The summed E-state index contributed by atoms with van der Waals surface area (Å²) < 4.78 is 5.76. The van der Waals surface area contributed by atoms with Crippen LogP contribution in [0.4, 0.5) is 5.69 Å². The van der Waals surface area contributed by atoms with Gasteiger partial charge in [0, 0.05) is 16.6 Å². The molecular weight excluding hydrogens is 270 g/mol. The van der Waals surface area contributed by atoms with Gasteiger partial charge in [0.25, 0.3) is 0 Å². The molecular formula is C12H16BrNO2. The summed E-state index contributed by atoms with van der Waals surface area (Å²) in [5, 5.41) is 0. The van der Waals surface area contributed by atoms with Crippen molar-refractivity contribution in [3.05, 3.63) is 28.2 Å². The van der Waals surface area contributed by atoms with E-state index in [2.05, 4.69) is 15.9 Å². The van der Waals surface area contributed by atoms with E-state index in [1.807, 2.05) is 25.1 Å². The van der Waals surface area contributed by atoms with Gasteiger partial charge in [-0.3, -0.25) is 4.79 Å². The first-order valence-electron chi connectivity index (χ1n) is 5.33. The molecule has 0 bridgehead atoms. The van der Waals surface area contributed by atoms with Gasteiger partial charge in [-0.2, -0.15) is 0 Å². The second-order valence-corrected chi connectivity index (χ2v) is 4.37. The molecule has 0 aliphatic carbocycles. The molecule has 0 aromatic heterocycles. The fraction of sp³-hybridized carbons (Fsp3) is 0.417. The third-order valence-electron chi connectivity index (χ3n) is 2.21. The van der Waals surface area contributed by atoms with Crippen molar-refractivity contribution in [3.8, 4) is 0 Å². The number of aryl methyl sites for hydroxylation is 1. The molecule has 2 N–H and O–H groups in total. The molecule has 0 radical (unpaired) electrons. The zero-order valence-electron chi connectivity index (χ0n) is 9.33. The third-order valence-corrected chi connectivity index (χ3v) is 2.93. The Kier molecular flexibility index (Phi) is 5.32. The lowest BCUT2D eigenvalue weighted by atomic mass is 10.1. The maximum Gasteiger partial charge on any atom is 0.305 e. The first kappa shape index (κ1) is 13.0. The van der Waals surface area contributed by atoms with E-state index in [9.17, 15) is 4.79 Å². The molecule has 0 unspecified atom stereocenters. The van der Waals surface area contributed by atoms with Crippen molar-refractivity contribution in [2.24, 2.45) is 0 Å². The van der Waals surface area contributed by atoms with Gasteiger partial charge in [0.1, 0.15) is 0 Å². The topological polar surface area (TPSA) is 52.3 Å². The molecule has 1 aromatic carbocycles. The van der Waals surface area contributed by atoms with Crippen LogP contribution < -0.4 is 5.73 Å². The first-order chi connectivity index (χ1) is 7.63. The SMILES string of the molecule is CCOC(=O)CCCc1ccc(Br)c(N)c1. The van der Waals surface area contributed by atoms with Crippen LogP contribution in [0.1, 0.15) is 25.3 Å². The molecule has 3 nitrogen and oxygen atoms in total. The van der Waals surface area contributed by atoms with Gasteiger partial charge in [-0.1, -0.05) is 6.07 Å². The van der Waals surface area contributed by atoms with E-state index in [0.717, 1.165) is 28.6 Å². The van der Waals surface area contributed by atoms with Crippen LogP contribution >= 0.6 is 15.9 Å². The highest BCUT2D eigenvalue weighted by Gasteiger charge is 2.03. The Bertz CT molecular complexity index is 366. The smallest absolute Gasteiger partial charge is 0.305 e. The quantitative estimate of drug-likeness (QED) is 0.669. The molecule has 0 aliphatic heterocycles. The fourth-order valence-electron chi connectivity index (χ4n) is 1.42. The molecule has 0 spiro atoms. The number of nitrogens with two attached hydrogens (primary N) is 1. The van der Waals surface area contributed by atoms with Crippen molar-refractivity contribution in [2.75, 3.05) is 12.3 Å². The van der Waals surface area contributed by atoms with Gasteiger partial charge < -0.3 is 10.5 Å². The summed E-state index contributed by atoms with van der Waals surface area (Å²) >= 11 is 3.34. The van der Waals surface area contributed by atoms with Gasteiger partial charge in [-0.25, -0.2) is 0 Å². The van der Waals surface area contributed by atoms with Gasteiger partial charge in [-0.15, -0.1) is 0 Å². The van der Waals surface area contributed by atoms with Crippen molar-refractivity contribution in [3.63, 3.8) is 0 Å². The Hall–Kier alpha value is -1.03. The average molecular weight is 286 g/mol. The molecule has 16 heavy (non-hydrogen) atoms. The monoisotopic (exact) mass is 285 g/mol. The van der Waals surface area contributed by atoms with E-state index >= 15 is 0 Å². The largest absolute Gasteiger partial charge is 0.466 e. The molecule has 0 heterocycles. The van der Waals surface area contributed by atoms with Gasteiger partial charge in [-0.05, 0) is 53.4 Å². The highest BCUT2D eigenvalue weighted by molar-refractivity contribution is 9.10. The van der Waals surface area contributed by atoms with Crippen molar-refractivity contribution in [1.29, 1.82) is 0 Å². The van der Waals surface area contributed by atoms with Crippen LogP contribution in [0.15, 0.2) is 22.7 Å². The van der Waals surface area contributed by atoms with Gasteiger partial charge in [0.15, 0.2) is 0 Å². The summed E-state index contributed by atoms with van der Waals surface area (Å²) in [5.74, 6) is -0.132. The molecule has 88 valence electrons. The number of benzene rings is 1. The summed E-state index contributed by atoms with van der Waals surface area (Å²) in [4.78, 5) is 11.1. The molecule has 0 amide bonds. The molecule has 0 saturated heterocycles. The maximum absolute atomic E-state index is 11.1. The Morgan fingerprint density at radius 3 is 2.88 bits per heavy atom. The van der Waals surface area contributed by atoms with Crippen LogP contribution in [0.2, 0.25) is 0 Å². The van der Waals surface area contributed by atoms with E-state index in [1.165, 1.54) is 0 Å². The minimum absolute atomic E-state index is 0.132. The van der Waals surface area contributed by atoms with Crippen molar-refractivity contribution in [2.45, 2.75) is 26.2 Å². The normalized spacial score (nSPS) is 10.1. The van der Waals surface area contributed by atoms with Crippen LogP contribution in [-0.2, 0) is 16.0 Å². The van der Waals surface area contributed by atoms with E-state index in [1.54, 1.807) is 0 Å². The Labute approximate surface area is 104 Å². The standard InChI is InChI=1S/C12H16BrNO2/c1-2-16-12(15)5-3-4-9-6-7-10(13)11(14)8-9/h6-8H,2-5,14H2,1H3. The van der Waals surface area contributed by atoms with Crippen LogP contribution in [0.25, 0.3) is 0 Å². The summed E-state index contributed by atoms with van der Waals surface area (Å²) in [7, 11) is 0. The number of halogens is 1. The number of nitrogen functional groups attached to an aromatic ring is 1. The van der Waals surface area contributed by atoms with Crippen molar-refractivity contribution < 1.29 is 9.53 Å². The molecule has 0 saturated carbocycles. The predicted octanol–water partition coefficient (Wildman–Crippen LogP) is 2.92. The summed E-state index contributed by atoms with van der Waals surface area (Å²) in [6.07, 6.45) is 2.10. The Balaban J connectivity index is 2.37.